The monoisotopic (exact) mass is 425 g/mol. The van der Waals surface area contributed by atoms with Gasteiger partial charge < -0.3 is 20.7 Å². The zero-order valence-electron chi connectivity index (χ0n) is 16.4. The highest BCUT2D eigenvalue weighted by molar-refractivity contribution is 5.89. The van der Waals surface area contributed by atoms with Gasteiger partial charge in [-0.15, -0.1) is 0 Å². The van der Waals surface area contributed by atoms with Gasteiger partial charge in [-0.05, 0) is 68.1 Å². The van der Waals surface area contributed by atoms with Crippen LogP contribution in [0.25, 0.3) is 0 Å². The van der Waals surface area contributed by atoms with Crippen LogP contribution in [0.5, 0.6) is 5.75 Å². The first-order valence-corrected chi connectivity index (χ1v) is 9.63. The third-order valence-electron chi connectivity index (χ3n) is 5.00. The SMILES string of the molecule is CNc1ccc(NC(=O)N[C@H]2CC[C@H](Oc3ccc(C(F)(F)F)cc3)CC2)c(F)c1. The number of benzene rings is 2. The maximum atomic E-state index is 14.0. The van der Waals surface area contributed by atoms with Crippen LogP contribution in [0.3, 0.4) is 0 Å². The summed E-state index contributed by atoms with van der Waals surface area (Å²) >= 11 is 0. The fraction of sp³-hybridized carbons (Fsp3) is 0.381. The number of alkyl halides is 3. The minimum Gasteiger partial charge on any atom is -0.490 e. The van der Waals surface area contributed by atoms with E-state index >= 15 is 0 Å². The third kappa shape index (κ3) is 5.77. The number of halogens is 4. The average Bonchev–Trinajstić information content (AvgIpc) is 2.70. The summed E-state index contributed by atoms with van der Waals surface area (Å²) < 4.78 is 57.6. The number of urea groups is 1. The highest BCUT2D eigenvalue weighted by Crippen LogP contribution is 2.31. The van der Waals surface area contributed by atoms with E-state index in [1.54, 1.807) is 13.1 Å². The number of hydrogen-bond acceptors (Lipinski definition) is 3. The van der Waals surface area contributed by atoms with Crippen molar-refractivity contribution in [2.75, 3.05) is 17.7 Å². The summed E-state index contributed by atoms with van der Waals surface area (Å²) in [6, 6.07) is 8.47. The zero-order chi connectivity index (χ0) is 21.7. The molecule has 1 aliphatic carbocycles. The van der Waals surface area contributed by atoms with Gasteiger partial charge >= 0.3 is 12.2 Å². The topological polar surface area (TPSA) is 62.4 Å². The molecule has 0 saturated heterocycles. The van der Waals surface area contributed by atoms with Crippen LogP contribution >= 0.6 is 0 Å². The molecule has 0 aromatic heterocycles. The van der Waals surface area contributed by atoms with E-state index in [9.17, 15) is 22.4 Å². The highest BCUT2D eigenvalue weighted by atomic mass is 19.4. The maximum absolute atomic E-state index is 14.0. The molecular weight excluding hydrogens is 402 g/mol. The molecule has 0 bridgehead atoms. The van der Waals surface area contributed by atoms with Gasteiger partial charge in [-0.25, -0.2) is 9.18 Å². The molecule has 1 aliphatic rings. The molecule has 3 rings (SSSR count). The Morgan fingerprint density at radius 1 is 1.03 bits per heavy atom. The number of carbonyl (C=O) groups is 1. The Labute approximate surface area is 171 Å². The van der Waals surface area contributed by atoms with Crippen molar-refractivity contribution in [1.82, 2.24) is 5.32 Å². The van der Waals surface area contributed by atoms with Crippen molar-refractivity contribution < 1.29 is 27.1 Å². The Morgan fingerprint density at radius 3 is 2.27 bits per heavy atom. The second kappa shape index (κ2) is 9.23. The van der Waals surface area contributed by atoms with Crippen molar-refractivity contribution in [2.24, 2.45) is 0 Å². The molecular formula is C21H23F4N3O2. The molecule has 0 heterocycles. The van der Waals surface area contributed by atoms with Crippen molar-refractivity contribution in [2.45, 2.75) is 44.0 Å². The fourth-order valence-electron chi connectivity index (χ4n) is 3.36. The largest absolute Gasteiger partial charge is 0.490 e. The lowest BCUT2D eigenvalue weighted by atomic mass is 9.93. The summed E-state index contributed by atoms with van der Waals surface area (Å²) in [6.45, 7) is 0. The first-order valence-electron chi connectivity index (χ1n) is 9.63. The first-order chi connectivity index (χ1) is 14.2. The van der Waals surface area contributed by atoms with Crippen molar-refractivity contribution in [3.63, 3.8) is 0 Å². The predicted octanol–water partition coefficient (Wildman–Crippen LogP) is 5.40. The summed E-state index contributed by atoms with van der Waals surface area (Å²) in [4.78, 5) is 12.1. The van der Waals surface area contributed by atoms with Gasteiger partial charge in [0.15, 0.2) is 0 Å². The van der Waals surface area contributed by atoms with Gasteiger partial charge in [-0.1, -0.05) is 0 Å². The highest BCUT2D eigenvalue weighted by Gasteiger charge is 2.30. The van der Waals surface area contributed by atoms with Crippen molar-refractivity contribution in [1.29, 1.82) is 0 Å². The second-order valence-corrected chi connectivity index (χ2v) is 7.16. The van der Waals surface area contributed by atoms with Crippen LogP contribution in [0.1, 0.15) is 31.2 Å². The summed E-state index contributed by atoms with van der Waals surface area (Å²) in [5.41, 5.74) is -0.0264. The average molecular weight is 425 g/mol. The third-order valence-corrected chi connectivity index (χ3v) is 5.00. The molecule has 0 aliphatic heterocycles. The van der Waals surface area contributed by atoms with Crippen LogP contribution < -0.4 is 20.7 Å². The number of hydrogen-bond donors (Lipinski definition) is 3. The lowest BCUT2D eigenvalue weighted by Gasteiger charge is -2.29. The standard InChI is InChI=1S/C21H23F4N3O2/c1-26-15-6-11-19(18(22)12-15)28-20(29)27-14-4-9-17(10-5-14)30-16-7-2-13(3-8-16)21(23,24)25/h2-3,6-8,11-12,14,17,26H,4-5,9-10H2,1H3,(H2,27,28,29)/t14-,17-. The number of rotatable bonds is 5. The lowest BCUT2D eigenvalue weighted by molar-refractivity contribution is -0.137. The number of carbonyl (C=O) groups excluding carboxylic acids is 1. The summed E-state index contributed by atoms with van der Waals surface area (Å²) in [6.07, 6.45) is -1.90. The number of amides is 2. The van der Waals surface area contributed by atoms with Gasteiger partial charge in [0, 0.05) is 18.8 Å². The summed E-state index contributed by atoms with van der Waals surface area (Å²) in [5, 5.41) is 8.13. The Balaban J connectivity index is 1.44. The van der Waals surface area contributed by atoms with Gasteiger partial charge in [-0.2, -0.15) is 13.2 Å². The van der Waals surface area contributed by atoms with E-state index in [0.717, 1.165) is 12.1 Å². The molecule has 5 nitrogen and oxygen atoms in total. The van der Waals surface area contributed by atoms with Crippen LogP contribution in [0.4, 0.5) is 33.7 Å². The first kappa shape index (κ1) is 21.7. The smallest absolute Gasteiger partial charge is 0.416 e. The predicted molar refractivity (Wildman–Crippen MR) is 106 cm³/mol. The van der Waals surface area contributed by atoms with Crippen LogP contribution in [0.2, 0.25) is 0 Å². The molecule has 0 atom stereocenters. The molecule has 30 heavy (non-hydrogen) atoms. The normalized spacial score (nSPS) is 19.1. The number of ether oxygens (including phenoxy) is 1. The second-order valence-electron chi connectivity index (χ2n) is 7.16. The minimum atomic E-state index is -4.37. The summed E-state index contributed by atoms with van der Waals surface area (Å²) in [5.74, 6) is -0.150. The quantitative estimate of drug-likeness (QED) is 0.563. The Hall–Kier alpha value is -2.97. The Bertz CT molecular complexity index is 864. The van der Waals surface area contributed by atoms with E-state index in [1.807, 2.05) is 0 Å². The van der Waals surface area contributed by atoms with E-state index < -0.39 is 23.6 Å². The van der Waals surface area contributed by atoms with E-state index in [0.29, 0.717) is 37.1 Å². The van der Waals surface area contributed by atoms with E-state index in [2.05, 4.69) is 16.0 Å². The lowest BCUT2D eigenvalue weighted by Crippen LogP contribution is -2.41. The minimum absolute atomic E-state index is 0.0860. The Kier molecular flexibility index (Phi) is 6.69. The Morgan fingerprint density at radius 2 is 1.70 bits per heavy atom. The van der Waals surface area contributed by atoms with Crippen LogP contribution in [0, 0.1) is 5.82 Å². The molecule has 2 aromatic rings. The van der Waals surface area contributed by atoms with Gasteiger partial charge in [0.2, 0.25) is 0 Å². The molecule has 3 N–H and O–H groups in total. The van der Waals surface area contributed by atoms with Gasteiger partial charge in [0.25, 0.3) is 0 Å². The molecule has 2 amide bonds. The zero-order valence-corrected chi connectivity index (χ0v) is 16.4. The molecule has 162 valence electrons. The van der Waals surface area contributed by atoms with E-state index in [4.69, 9.17) is 4.74 Å². The van der Waals surface area contributed by atoms with Gasteiger partial charge in [0.1, 0.15) is 11.6 Å². The molecule has 2 aromatic carbocycles. The molecule has 0 radical (unpaired) electrons. The molecule has 0 spiro atoms. The number of anilines is 2. The van der Waals surface area contributed by atoms with E-state index in [1.165, 1.54) is 24.3 Å². The number of nitrogens with one attached hydrogen (secondary N) is 3. The van der Waals surface area contributed by atoms with E-state index in [-0.39, 0.29) is 17.8 Å². The van der Waals surface area contributed by atoms with Crippen LogP contribution in [-0.2, 0) is 6.18 Å². The summed E-state index contributed by atoms with van der Waals surface area (Å²) in [7, 11) is 1.67. The van der Waals surface area contributed by atoms with Gasteiger partial charge in [-0.3, -0.25) is 0 Å². The molecule has 0 unspecified atom stereocenters. The van der Waals surface area contributed by atoms with Crippen LogP contribution in [-0.4, -0.2) is 25.2 Å². The molecule has 1 saturated carbocycles. The maximum Gasteiger partial charge on any atom is 0.416 e. The molecule has 1 fully saturated rings. The van der Waals surface area contributed by atoms with Crippen molar-refractivity contribution in [3.8, 4) is 5.75 Å². The van der Waals surface area contributed by atoms with Crippen molar-refractivity contribution >= 4 is 17.4 Å². The molecule has 9 heteroatoms. The van der Waals surface area contributed by atoms with Crippen LogP contribution in [0.15, 0.2) is 42.5 Å². The fourth-order valence-corrected chi connectivity index (χ4v) is 3.36. The van der Waals surface area contributed by atoms with Gasteiger partial charge in [0.05, 0.1) is 17.4 Å². The van der Waals surface area contributed by atoms with Crippen molar-refractivity contribution in [3.05, 3.63) is 53.8 Å².